The molecular formula is C8H10N2O4. The first kappa shape index (κ1) is 10.1. The maximum absolute atomic E-state index is 9.40. The third kappa shape index (κ3) is 1.86. The number of oxime groups is 1. The number of phenolic OH excluding ortho intramolecular Hbond substituents is 2. The van der Waals surface area contributed by atoms with Gasteiger partial charge in [0.05, 0.1) is 0 Å². The van der Waals surface area contributed by atoms with E-state index in [2.05, 4.69) is 5.16 Å². The number of aromatic hydroxyl groups is 2. The SMILES string of the molecule is NC(=NO)C(O)c1ccc(O)cc1O. The molecule has 0 saturated carbocycles. The van der Waals surface area contributed by atoms with Crippen molar-refractivity contribution in [3.8, 4) is 11.5 Å². The van der Waals surface area contributed by atoms with Gasteiger partial charge in [0.1, 0.15) is 17.6 Å². The molecule has 0 fully saturated rings. The second kappa shape index (κ2) is 3.84. The van der Waals surface area contributed by atoms with Gasteiger partial charge in [0.2, 0.25) is 0 Å². The molecule has 1 aromatic carbocycles. The first-order chi connectivity index (χ1) is 6.56. The van der Waals surface area contributed by atoms with E-state index in [0.717, 1.165) is 6.07 Å². The second-order valence-corrected chi connectivity index (χ2v) is 2.67. The van der Waals surface area contributed by atoms with Crippen LogP contribution in [0.1, 0.15) is 11.7 Å². The van der Waals surface area contributed by atoms with Crippen LogP contribution in [0.2, 0.25) is 0 Å². The number of nitrogens with two attached hydrogens (primary N) is 1. The van der Waals surface area contributed by atoms with E-state index in [0.29, 0.717) is 0 Å². The Bertz CT molecular complexity index is 364. The zero-order valence-electron chi connectivity index (χ0n) is 7.12. The fourth-order valence-electron chi connectivity index (χ4n) is 0.977. The molecule has 0 bridgehead atoms. The van der Waals surface area contributed by atoms with E-state index in [-0.39, 0.29) is 17.1 Å². The molecule has 0 aliphatic heterocycles. The van der Waals surface area contributed by atoms with Gasteiger partial charge >= 0.3 is 0 Å². The number of nitrogens with zero attached hydrogens (tertiary/aromatic N) is 1. The van der Waals surface area contributed by atoms with Gasteiger partial charge in [-0.2, -0.15) is 0 Å². The minimum atomic E-state index is -1.40. The van der Waals surface area contributed by atoms with E-state index in [1.54, 1.807) is 0 Å². The van der Waals surface area contributed by atoms with E-state index >= 15 is 0 Å². The Morgan fingerprint density at radius 1 is 1.36 bits per heavy atom. The van der Waals surface area contributed by atoms with Gasteiger partial charge in [-0.3, -0.25) is 0 Å². The minimum Gasteiger partial charge on any atom is -0.508 e. The molecule has 0 amide bonds. The monoisotopic (exact) mass is 198 g/mol. The van der Waals surface area contributed by atoms with Gasteiger partial charge < -0.3 is 26.3 Å². The summed E-state index contributed by atoms with van der Waals surface area (Å²) in [7, 11) is 0. The Hall–Kier alpha value is -1.95. The highest BCUT2D eigenvalue weighted by Gasteiger charge is 2.16. The highest BCUT2D eigenvalue weighted by atomic mass is 16.4. The van der Waals surface area contributed by atoms with Crippen LogP contribution in [-0.4, -0.2) is 26.4 Å². The standard InChI is InChI=1S/C8H10N2O4/c9-8(10-14)7(13)5-2-1-4(11)3-6(5)12/h1-3,7,11-14H,(H2,9,10). The van der Waals surface area contributed by atoms with Gasteiger partial charge in [0.15, 0.2) is 5.84 Å². The van der Waals surface area contributed by atoms with Crippen LogP contribution in [0.5, 0.6) is 11.5 Å². The van der Waals surface area contributed by atoms with Gasteiger partial charge in [-0.25, -0.2) is 0 Å². The molecule has 6 nitrogen and oxygen atoms in total. The van der Waals surface area contributed by atoms with E-state index in [1.165, 1.54) is 12.1 Å². The first-order valence-corrected chi connectivity index (χ1v) is 3.73. The number of hydrogen-bond acceptors (Lipinski definition) is 5. The van der Waals surface area contributed by atoms with Gasteiger partial charge in [-0.15, -0.1) is 0 Å². The molecular weight excluding hydrogens is 188 g/mol. The van der Waals surface area contributed by atoms with Crippen molar-refractivity contribution in [3.05, 3.63) is 23.8 Å². The Balaban J connectivity index is 3.07. The summed E-state index contributed by atoms with van der Waals surface area (Å²) in [5, 5.41) is 38.5. The average Bonchev–Trinajstić information content (AvgIpc) is 2.15. The van der Waals surface area contributed by atoms with Crippen molar-refractivity contribution >= 4 is 5.84 Å². The zero-order chi connectivity index (χ0) is 10.7. The van der Waals surface area contributed by atoms with Crippen LogP contribution in [0.4, 0.5) is 0 Å². The number of hydrogen-bond donors (Lipinski definition) is 5. The van der Waals surface area contributed by atoms with E-state index in [9.17, 15) is 10.2 Å². The summed E-state index contributed by atoms with van der Waals surface area (Å²) < 4.78 is 0. The van der Waals surface area contributed by atoms with E-state index in [1.807, 2.05) is 0 Å². The van der Waals surface area contributed by atoms with Crippen molar-refractivity contribution in [1.29, 1.82) is 0 Å². The molecule has 0 heterocycles. The predicted molar refractivity (Wildman–Crippen MR) is 48.1 cm³/mol. The molecule has 1 rings (SSSR count). The molecule has 6 heteroatoms. The Labute approximate surface area is 79.5 Å². The van der Waals surface area contributed by atoms with Gasteiger partial charge in [0, 0.05) is 11.6 Å². The maximum Gasteiger partial charge on any atom is 0.172 e. The van der Waals surface area contributed by atoms with Crippen LogP contribution in [0.3, 0.4) is 0 Å². The Morgan fingerprint density at radius 2 is 2.00 bits per heavy atom. The lowest BCUT2D eigenvalue weighted by Gasteiger charge is -2.10. The normalized spacial score (nSPS) is 13.9. The number of phenols is 2. The van der Waals surface area contributed by atoms with Crippen LogP contribution in [0.25, 0.3) is 0 Å². The molecule has 0 aliphatic carbocycles. The highest BCUT2D eigenvalue weighted by Crippen LogP contribution is 2.27. The number of aliphatic hydroxyl groups is 1. The molecule has 0 saturated heterocycles. The molecule has 1 aromatic rings. The highest BCUT2D eigenvalue weighted by molar-refractivity contribution is 5.85. The number of rotatable bonds is 2. The van der Waals surface area contributed by atoms with Gasteiger partial charge in [-0.1, -0.05) is 5.16 Å². The molecule has 6 N–H and O–H groups in total. The Morgan fingerprint density at radius 3 is 2.50 bits per heavy atom. The number of aliphatic hydroxyl groups excluding tert-OH is 1. The third-order valence-corrected chi connectivity index (χ3v) is 1.70. The topological polar surface area (TPSA) is 119 Å². The quantitative estimate of drug-likeness (QED) is 0.196. The van der Waals surface area contributed by atoms with Crippen LogP contribution >= 0.6 is 0 Å². The molecule has 0 aromatic heterocycles. The molecule has 0 aliphatic rings. The summed E-state index contributed by atoms with van der Waals surface area (Å²) in [5.74, 6) is -0.909. The second-order valence-electron chi connectivity index (χ2n) is 2.67. The molecule has 1 unspecified atom stereocenters. The van der Waals surface area contributed by atoms with Crippen LogP contribution in [-0.2, 0) is 0 Å². The lowest BCUT2D eigenvalue weighted by atomic mass is 10.1. The largest absolute Gasteiger partial charge is 0.508 e. The maximum atomic E-state index is 9.40. The van der Waals surface area contributed by atoms with Crippen LogP contribution in [0, 0.1) is 0 Å². The molecule has 14 heavy (non-hydrogen) atoms. The Kier molecular flexibility index (Phi) is 2.78. The fourth-order valence-corrected chi connectivity index (χ4v) is 0.977. The van der Waals surface area contributed by atoms with E-state index in [4.69, 9.17) is 16.0 Å². The molecule has 0 spiro atoms. The zero-order valence-corrected chi connectivity index (χ0v) is 7.12. The summed E-state index contributed by atoms with van der Waals surface area (Å²) in [5.41, 5.74) is 5.19. The van der Waals surface area contributed by atoms with Gasteiger partial charge in [-0.05, 0) is 12.1 Å². The van der Waals surface area contributed by atoms with Crippen molar-refractivity contribution in [1.82, 2.24) is 0 Å². The summed E-state index contributed by atoms with van der Waals surface area (Å²) in [4.78, 5) is 0. The molecule has 0 radical (unpaired) electrons. The van der Waals surface area contributed by atoms with Crippen molar-refractivity contribution in [3.63, 3.8) is 0 Å². The summed E-state index contributed by atoms with van der Waals surface area (Å²) in [6, 6.07) is 3.58. The summed E-state index contributed by atoms with van der Waals surface area (Å²) in [6.07, 6.45) is -1.40. The van der Waals surface area contributed by atoms with Crippen molar-refractivity contribution in [2.24, 2.45) is 10.9 Å². The smallest absolute Gasteiger partial charge is 0.172 e. The number of amidine groups is 1. The van der Waals surface area contributed by atoms with Crippen molar-refractivity contribution in [2.45, 2.75) is 6.10 Å². The summed E-state index contributed by atoms with van der Waals surface area (Å²) >= 11 is 0. The summed E-state index contributed by atoms with van der Waals surface area (Å²) in [6.45, 7) is 0. The molecule has 1 atom stereocenters. The first-order valence-electron chi connectivity index (χ1n) is 3.73. The average molecular weight is 198 g/mol. The lowest BCUT2D eigenvalue weighted by Crippen LogP contribution is -2.21. The van der Waals surface area contributed by atoms with Crippen molar-refractivity contribution in [2.75, 3.05) is 0 Å². The fraction of sp³-hybridized carbons (Fsp3) is 0.125. The minimum absolute atomic E-state index is 0.0538. The lowest BCUT2D eigenvalue weighted by molar-refractivity contribution is 0.228. The molecule has 76 valence electrons. The van der Waals surface area contributed by atoms with Crippen LogP contribution in [0.15, 0.2) is 23.4 Å². The van der Waals surface area contributed by atoms with Crippen molar-refractivity contribution < 1.29 is 20.5 Å². The number of benzene rings is 1. The predicted octanol–water partition coefficient (Wildman–Crippen LogP) is -0.122. The van der Waals surface area contributed by atoms with E-state index < -0.39 is 11.9 Å². The van der Waals surface area contributed by atoms with Crippen LogP contribution < -0.4 is 5.73 Å². The third-order valence-electron chi connectivity index (χ3n) is 1.70. The van der Waals surface area contributed by atoms with Gasteiger partial charge in [0.25, 0.3) is 0 Å².